The number of alkyl halides is 2. The van der Waals surface area contributed by atoms with Gasteiger partial charge in [-0.15, -0.1) is 0 Å². The van der Waals surface area contributed by atoms with Crippen LogP contribution in [0.4, 0.5) is 14.6 Å². The van der Waals surface area contributed by atoms with E-state index < -0.39 is 22.0 Å². The summed E-state index contributed by atoms with van der Waals surface area (Å²) in [5, 5.41) is 6.87. The number of aldehydes is 1. The lowest BCUT2D eigenvalue weighted by Gasteiger charge is -2.15. The molecule has 10 heteroatoms. The summed E-state index contributed by atoms with van der Waals surface area (Å²) in [5.41, 5.74) is -0.528. The van der Waals surface area contributed by atoms with Gasteiger partial charge in [-0.2, -0.15) is 5.10 Å². The molecule has 1 N–H and O–H groups in total. The quantitative estimate of drug-likeness (QED) is 0.770. The van der Waals surface area contributed by atoms with Crippen LogP contribution in [0.15, 0.2) is 23.4 Å². The molecule has 2 aromatic heterocycles. The predicted molar refractivity (Wildman–Crippen MR) is 90.7 cm³/mol. The fraction of sp³-hybridized carbons (Fsp3) is 0.438. The second-order valence-electron chi connectivity index (χ2n) is 6.23. The van der Waals surface area contributed by atoms with E-state index in [4.69, 9.17) is 0 Å². The fourth-order valence-electron chi connectivity index (χ4n) is 3.03. The van der Waals surface area contributed by atoms with E-state index in [0.29, 0.717) is 6.29 Å². The lowest BCUT2D eigenvalue weighted by Crippen LogP contribution is -2.18. The zero-order valence-electron chi connectivity index (χ0n) is 14.0. The van der Waals surface area contributed by atoms with E-state index in [1.54, 1.807) is 0 Å². The number of nitrogens with zero attached hydrogens (tertiary/aromatic N) is 3. The van der Waals surface area contributed by atoms with Crippen LogP contribution in [0.2, 0.25) is 0 Å². The molecule has 0 saturated heterocycles. The highest BCUT2D eigenvalue weighted by atomic mass is 32.2. The molecule has 0 amide bonds. The number of aromatic nitrogens is 3. The van der Waals surface area contributed by atoms with Crippen LogP contribution in [0.1, 0.15) is 48.2 Å². The van der Waals surface area contributed by atoms with Crippen LogP contribution in [-0.2, 0) is 9.84 Å². The van der Waals surface area contributed by atoms with Gasteiger partial charge in [0, 0.05) is 12.3 Å². The molecule has 7 nitrogen and oxygen atoms in total. The Morgan fingerprint density at radius 3 is 2.50 bits per heavy atom. The van der Waals surface area contributed by atoms with Crippen LogP contribution in [0.3, 0.4) is 0 Å². The molecule has 0 atom stereocenters. The van der Waals surface area contributed by atoms with Gasteiger partial charge in [0.2, 0.25) is 0 Å². The van der Waals surface area contributed by atoms with Crippen molar-refractivity contribution >= 4 is 21.9 Å². The van der Waals surface area contributed by atoms with Gasteiger partial charge in [-0.25, -0.2) is 26.9 Å². The van der Waals surface area contributed by atoms with Crippen molar-refractivity contribution in [3.05, 3.63) is 29.6 Å². The zero-order chi connectivity index (χ0) is 18.9. The molecule has 1 fully saturated rings. The van der Waals surface area contributed by atoms with Crippen molar-refractivity contribution in [3.63, 3.8) is 0 Å². The van der Waals surface area contributed by atoms with E-state index in [-0.39, 0.29) is 28.1 Å². The minimum atomic E-state index is -3.48. The number of sulfone groups is 1. The fourth-order valence-corrected chi connectivity index (χ4v) is 3.59. The minimum Gasteiger partial charge on any atom is -0.367 e. The molecular formula is C16H18F2N4O3S. The Balaban J connectivity index is 2.08. The average molecular weight is 384 g/mol. The van der Waals surface area contributed by atoms with Gasteiger partial charge in [0.15, 0.2) is 21.1 Å². The molecule has 0 bridgehead atoms. The molecule has 0 spiro atoms. The Bertz CT molecular complexity index is 904. The molecule has 0 aliphatic heterocycles. The first-order chi connectivity index (χ1) is 12.3. The molecule has 0 unspecified atom stereocenters. The van der Waals surface area contributed by atoms with Crippen molar-refractivity contribution in [2.45, 2.75) is 43.2 Å². The average Bonchev–Trinajstić information content (AvgIpc) is 3.22. The van der Waals surface area contributed by atoms with Crippen molar-refractivity contribution in [2.75, 3.05) is 11.6 Å². The van der Waals surface area contributed by atoms with Gasteiger partial charge in [-0.05, 0) is 25.0 Å². The van der Waals surface area contributed by atoms with Crippen LogP contribution >= 0.6 is 0 Å². The van der Waals surface area contributed by atoms with Crippen LogP contribution in [0.25, 0.3) is 5.69 Å². The smallest absolute Gasteiger partial charge is 0.282 e. The van der Waals surface area contributed by atoms with Crippen molar-refractivity contribution in [2.24, 2.45) is 0 Å². The first-order valence-electron chi connectivity index (χ1n) is 8.10. The first kappa shape index (κ1) is 18.4. The number of halogens is 2. The van der Waals surface area contributed by atoms with E-state index in [9.17, 15) is 22.0 Å². The minimum absolute atomic E-state index is 0.0675. The van der Waals surface area contributed by atoms with Gasteiger partial charge < -0.3 is 5.32 Å². The number of hydrogen-bond donors (Lipinski definition) is 1. The highest BCUT2D eigenvalue weighted by Gasteiger charge is 2.27. The number of nitrogens with one attached hydrogen (secondary N) is 1. The van der Waals surface area contributed by atoms with Gasteiger partial charge in [0.05, 0.1) is 17.4 Å². The maximum atomic E-state index is 13.3. The van der Waals surface area contributed by atoms with Crippen LogP contribution in [-0.4, -0.2) is 41.8 Å². The largest absolute Gasteiger partial charge is 0.367 e. The lowest BCUT2D eigenvalue weighted by atomic mass is 10.2. The SMILES string of the molecule is CS(=O)(=O)c1ccc(-n2nc(C(F)F)c(C=O)c2NC2CCCC2)cn1. The van der Waals surface area contributed by atoms with Gasteiger partial charge in [-0.1, -0.05) is 12.8 Å². The molecule has 26 heavy (non-hydrogen) atoms. The molecule has 140 valence electrons. The molecule has 2 aromatic rings. The monoisotopic (exact) mass is 384 g/mol. The second-order valence-corrected chi connectivity index (χ2v) is 8.19. The van der Waals surface area contributed by atoms with Gasteiger partial charge >= 0.3 is 0 Å². The van der Waals surface area contributed by atoms with Crippen LogP contribution < -0.4 is 5.32 Å². The number of carbonyl (C=O) groups excluding carboxylic acids is 1. The molecular weight excluding hydrogens is 366 g/mol. The summed E-state index contributed by atoms with van der Waals surface area (Å²) in [7, 11) is -3.48. The molecule has 1 aliphatic carbocycles. The van der Waals surface area contributed by atoms with E-state index >= 15 is 0 Å². The summed E-state index contributed by atoms with van der Waals surface area (Å²) >= 11 is 0. The standard InChI is InChI=1S/C16H18F2N4O3S/c1-26(24,25)13-7-6-11(8-19-13)22-16(20-10-4-2-3-5-10)12(9-23)14(21-22)15(17)18/h6-10,15,20H,2-5H2,1H3. The number of anilines is 1. The highest BCUT2D eigenvalue weighted by molar-refractivity contribution is 7.90. The van der Waals surface area contributed by atoms with Crippen LogP contribution in [0, 0.1) is 0 Å². The normalized spacial score (nSPS) is 15.5. The Morgan fingerprint density at radius 1 is 1.31 bits per heavy atom. The third kappa shape index (κ3) is 3.59. The third-order valence-corrected chi connectivity index (χ3v) is 5.32. The zero-order valence-corrected chi connectivity index (χ0v) is 14.8. The van der Waals surface area contributed by atoms with E-state index in [1.807, 2.05) is 0 Å². The van der Waals surface area contributed by atoms with Crippen molar-refractivity contribution in [1.29, 1.82) is 0 Å². The highest BCUT2D eigenvalue weighted by Crippen LogP contribution is 2.31. The number of rotatable bonds is 6. The van der Waals surface area contributed by atoms with Crippen molar-refractivity contribution < 1.29 is 22.0 Å². The van der Waals surface area contributed by atoms with Crippen LogP contribution in [0.5, 0.6) is 0 Å². The number of pyridine rings is 1. The molecule has 3 rings (SSSR count). The van der Waals surface area contributed by atoms with Gasteiger partial charge in [0.25, 0.3) is 6.43 Å². The summed E-state index contributed by atoms with van der Waals surface area (Å²) in [6.07, 6.45) is 3.49. The Hall–Kier alpha value is -2.36. The first-order valence-corrected chi connectivity index (χ1v) is 9.99. The lowest BCUT2D eigenvalue weighted by molar-refractivity contribution is 0.110. The summed E-state index contributed by atoms with van der Waals surface area (Å²) < 4.78 is 50.8. The van der Waals surface area contributed by atoms with E-state index in [1.165, 1.54) is 23.0 Å². The summed E-state index contributed by atoms with van der Waals surface area (Å²) in [6.45, 7) is 0. The van der Waals surface area contributed by atoms with E-state index in [0.717, 1.165) is 31.9 Å². The summed E-state index contributed by atoms with van der Waals surface area (Å²) in [4.78, 5) is 15.3. The Morgan fingerprint density at radius 2 is 2.00 bits per heavy atom. The molecule has 0 aromatic carbocycles. The van der Waals surface area contributed by atoms with Gasteiger partial charge in [0.1, 0.15) is 11.5 Å². The summed E-state index contributed by atoms with van der Waals surface area (Å²) in [6, 6.07) is 2.76. The van der Waals surface area contributed by atoms with Crippen molar-refractivity contribution in [1.82, 2.24) is 14.8 Å². The van der Waals surface area contributed by atoms with Gasteiger partial charge in [-0.3, -0.25) is 4.79 Å². The Kier molecular flexibility index (Phi) is 5.03. The maximum absolute atomic E-state index is 13.3. The molecule has 0 radical (unpaired) electrons. The van der Waals surface area contributed by atoms with Crippen molar-refractivity contribution in [3.8, 4) is 5.69 Å². The Labute approximate surface area is 149 Å². The maximum Gasteiger partial charge on any atom is 0.282 e. The second kappa shape index (κ2) is 7.10. The molecule has 1 aliphatic rings. The molecule has 1 saturated carbocycles. The van der Waals surface area contributed by atoms with E-state index in [2.05, 4.69) is 15.4 Å². The summed E-state index contributed by atoms with van der Waals surface area (Å²) in [5.74, 6) is 0.177. The topological polar surface area (TPSA) is 94.0 Å². The molecule has 2 heterocycles. The third-order valence-electron chi connectivity index (χ3n) is 4.32. The number of carbonyl (C=O) groups is 1. The number of hydrogen-bond acceptors (Lipinski definition) is 6. The predicted octanol–water partition coefficient (Wildman–Crippen LogP) is 2.78.